The van der Waals surface area contributed by atoms with Crippen molar-refractivity contribution < 1.29 is 0 Å². The van der Waals surface area contributed by atoms with Gasteiger partial charge in [0.05, 0.1) is 11.4 Å². The van der Waals surface area contributed by atoms with E-state index in [-0.39, 0.29) is 0 Å². The van der Waals surface area contributed by atoms with Gasteiger partial charge in [-0.3, -0.25) is 9.36 Å². The summed E-state index contributed by atoms with van der Waals surface area (Å²) in [6.45, 7) is 11.2. The van der Waals surface area contributed by atoms with Crippen LogP contribution in [-0.2, 0) is 19.6 Å². The summed E-state index contributed by atoms with van der Waals surface area (Å²) in [4.78, 5) is 0. The predicted molar refractivity (Wildman–Crippen MR) is 80.4 cm³/mol. The standard InChI is InChI=1S/C15H25N5/c1-5-8-19-11-14(13(4)18-19)9-16-10-15-6-7-17-20(15)12(2)3/h6-7,11-12,16H,5,8-10H2,1-4H3. The number of hydrogen-bond acceptors (Lipinski definition) is 3. The summed E-state index contributed by atoms with van der Waals surface area (Å²) in [7, 11) is 0. The van der Waals surface area contributed by atoms with Gasteiger partial charge in [-0.1, -0.05) is 6.92 Å². The Bertz CT molecular complexity index is 538. The molecule has 0 aliphatic carbocycles. The van der Waals surface area contributed by atoms with Gasteiger partial charge in [0.1, 0.15) is 0 Å². The minimum Gasteiger partial charge on any atom is -0.307 e. The normalized spacial score (nSPS) is 11.4. The minimum atomic E-state index is 0.399. The van der Waals surface area contributed by atoms with Gasteiger partial charge in [0, 0.05) is 43.6 Å². The fourth-order valence-electron chi connectivity index (χ4n) is 2.35. The number of aromatic nitrogens is 4. The van der Waals surface area contributed by atoms with E-state index in [0.717, 1.165) is 31.7 Å². The molecule has 1 N–H and O–H groups in total. The Morgan fingerprint density at radius 3 is 2.80 bits per heavy atom. The summed E-state index contributed by atoms with van der Waals surface area (Å²) in [6.07, 6.45) is 5.12. The SMILES string of the molecule is CCCn1cc(CNCc2ccnn2C(C)C)c(C)n1. The second-order valence-corrected chi connectivity index (χ2v) is 5.47. The van der Waals surface area contributed by atoms with Gasteiger partial charge in [-0.15, -0.1) is 0 Å². The van der Waals surface area contributed by atoms with Gasteiger partial charge in [0.25, 0.3) is 0 Å². The van der Waals surface area contributed by atoms with Gasteiger partial charge < -0.3 is 5.32 Å². The van der Waals surface area contributed by atoms with E-state index >= 15 is 0 Å². The van der Waals surface area contributed by atoms with E-state index in [4.69, 9.17) is 0 Å². The highest BCUT2D eigenvalue weighted by Crippen LogP contribution is 2.09. The zero-order valence-electron chi connectivity index (χ0n) is 12.9. The van der Waals surface area contributed by atoms with Gasteiger partial charge in [0.15, 0.2) is 0 Å². The first-order chi connectivity index (χ1) is 9.61. The largest absolute Gasteiger partial charge is 0.307 e. The van der Waals surface area contributed by atoms with Gasteiger partial charge >= 0.3 is 0 Å². The van der Waals surface area contributed by atoms with Crippen molar-refractivity contribution in [3.63, 3.8) is 0 Å². The lowest BCUT2D eigenvalue weighted by atomic mass is 10.2. The second kappa shape index (κ2) is 6.70. The lowest BCUT2D eigenvalue weighted by Gasteiger charge is -2.11. The molecular weight excluding hydrogens is 250 g/mol. The summed E-state index contributed by atoms with van der Waals surface area (Å²) >= 11 is 0. The van der Waals surface area contributed by atoms with Crippen molar-refractivity contribution in [1.29, 1.82) is 0 Å². The molecule has 0 spiro atoms. The van der Waals surface area contributed by atoms with Crippen LogP contribution in [0.2, 0.25) is 0 Å². The molecule has 0 amide bonds. The quantitative estimate of drug-likeness (QED) is 0.845. The maximum Gasteiger partial charge on any atom is 0.0638 e. The highest BCUT2D eigenvalue weighted by molar-refractivity contribution is 5.15. The van der Waals surface area contributed by atoms with Crippen LogP contribution in [0.5, 0.6) is 0 Å². The third-order valence-electron chi connectivity index (χ3n) is 3.36. The fourth-order valence-corrected chi connectivity index (χ4v) is 2.35. The summed E-state index contributed by atoms with van der Waals surface area (Å²) < 4.78 is 4.09. The summed E-state index contributed by atoms with van der Waals surface area (Å²) in [5.41, 5.74) is 3.61. The summed E-state index contributed by atoms with van der Waals surface area (Å²) in [6, 6.07) is 2.47. The highest BCUT2D eigenvalue weighted by Gasteiger charge is 2.07. The average molecular weight is 275 g/mol. The zero-order valence-corrected chi connectivity index (χ0v) is 12.9. The Morgan fingerprint density at radius 2 is 2.10 bits per heavy atom. The van der Waals surface area contributed by atoms with E-state index < -0.39 is 0 Å². The maximum atomic E-state index is 4.52. The Hall–Kier alpha value is -1.62. The molecule has 0 atom stereocenters. The molecule has 0 fully saturated rings. The topological polar surface area (TPSA) is 47.7 Å². The molecule has 5 heteroatoms. The van der Waals surface area contributed by atoms with E-state index in [1.54, 1.807) is 0 Å². The number of nitrogens with zero attached hydrogens (tertiary/aromatic N) is 4. The van der Waals surface area contributed by atoms with Crippen molar-refractivity contribution >= 4 is 0 Å². The molecule has 5 nitrogen and oxygen atoms in total. The molecule has 0 aliphatic rings. The molecule has 2 aromatic rings. The van der Waals surface area contributed by atoms with E-state index in [0.29, 0.717) is 6.04 Å². The van der Waals surface area contributed by atoms with Crippen LogP contribution in [0.25, 0.3) is 0 Å². The van der Waals surface area contributed by atoms with Crippen LogP contribution < -0.4 is 5.32 Å². The van der Waals surface area contributed by atoms with Crippen LogP contribution in [0.3, 0.4) is 0 Å². The molecular formula is C15H25N5. The third kappa shape index (κ3) is 3.48. The van der Waals surface area contributed by atoms with Crippen LogP contribution >= 0.6 is 0 Å². The average Bonchev–Trinajstić information content (AvgIpc) is 2.98. The van der Waals surface area contributed by atoms with E-state index in [2.05, 4.69) is 60.2 Å². The van der Waals surface area contributed by atoms with E-state index in [1.165, 1.54) is 11.3 Å². The Balaban J connectivity index is 1.91. The predicted octanol–water partition coefficient (Wildman–Crippen LogP) is 2.67. The van der Waals surface area contributed by atoms with E-state index in [9.17, 15) is 0 Å². The van der Waals surface area contributed by atoms with Gasteiger partial charge in [-0.2, -0.15) is 10.2 Å². The highest BCUT2D eigenvalue weighted by atomic mass is 15.3. The second-order valence-electron chi connectivity index (χ2n) is 5.47. The molecule has 0 radical (unpaired) electrons. The molecule has 110 valence electrons. The van der Waals surface area contributed by atoms with Crippen LogP contribution in [-0.4, -0.2) is 19.6 Å². The Labute approximate surface area is 121 Å². The van der Waals surface area contributed by atoms with Crippen LogP contribution in [0.4, 0.5) is 0 Å². The Morgan fingerprint density at radius 1 is 1.30 bits per heavy atom. The molecule has 2 aromatic heterocycles. The monoisotopic (exact) mass is 275 g/mol. The lowest BCUT2D eigenvalue weighted by molar-refractivity contribution is 0.495. The first kappa shape index (κ1) is 14.8. The van der Waals surface area contributed by atoms with Crippen LogP contribution in [0.1, 0.15) is 50.2 Å². The third-order valence-corrected chi connectivity index (χ3v) is 3.36. The van der Waals surface area contributed by atoms with Crippen molar-refractivity contribution in [1.82, 2.24) is 24.9 Å². The lowest BCUT2D eigenvalue weighted by Crippen LogP contribution is -2.17. The molecule has 2 rings (SSSR count). The van der Waals surface area contributed by atoms with Gasteiger partial charge in [0.2, 0.25) is 0 Å². The van der Waals surface area contributed by atoms with Crippen LogP contribution in [0.15, 0.2) is 18.5 Å². The van der Waals surface area contributed by atoms with Crippen molar-refractivity contribution in [2.24, 2.45) is 0 Å². The number of nitrogens with one attached hydrogen (secondary N) is 1. The summed E-state index contributed by atoms with van der Waals surface area (Å²) in [5, 5.41) is 12.3. The molecule has 0 aliphatic heterocycles. The Kier molecular flexibility index (Phi) is 4.95. The molecule has 20 heavy (non-hydrogen) atoms. The fraction of sp³-hybridized carbons (Fsp3) is 0.600. The smallest absolute Gasteiger partial charge is 0.0638 e. The molecule has 2 heterocycles. The molecule has 0 saturated carbocycles. The molecule has 0 saturated heterocycles. The number of rotatable bonds is 7. The van der Waals surface area contributed by atoms with Gasteiger partial charge in [-0.25, -0.2) is 0 Å². The molecule has 0 bridgehead atoms. The minimum absolute atomic E-state index is 0.399. The van der Waals surface area contributed by atoms with Crippen molar-refractivity contribution in [2.75, 3.05) is 0 Å². The van der Waals surface area contributed by atoms with Crippen molar-refractivity contribution in [2.45, 2.75) is 59.8 Å². The summed E-state index contributed by atoms with van der Waals surface area (Å²) in [5.74, 6) is 0. The number of aryl methyl sites for hydroxylation is 2. The zero-order chi connectivity index (χ0) is 14.5. The van der Waals surface area contributed by atoms with Crippen molar-refractivity contribution in [3.8, 4) is 0 Å². The van der Waals surface area contributed by atoms with Crippen LogP contribution in [0, 0.1) is 6.92 Å². The number of hydrogen-bond donors (Lipinski definition) is 1. The molecule has 0 aromatic carbocycles. The van der Waals surface area contributed by atoms with Crippen molar-refractivity contribution in [3.05, 3.63) is 35.4 Å². The first-order valence-corrected chi connectivity index (χ1v) is 7.37. The maximum absolute atomic E-state index is 4.52. The van der Waals surface area contributed by atoms with E-state index in [1.807, 2.05) is 10.9 Å². The molecule has 0 unspecified atom stereocenters. The van der Waals surface area contributed by atoms with Gasteiger partial charge in [-0.05, 0) is 33.3 Å². The first-order valence-electron chi connectivity index (χ1n) is 7.37.